The van der Waals surface area contributed by atoms with Crippen LogP contribution in [0.4, 0.5) is 5.69 Å². The number of ether oxygens (including phenoxy) is 1. The number of carbonyl (C=O) groups excluding carboxylic acids is 1. The lowest BCUT2D eigenvalue weighted by molar-refractivity contribution is -0.116. The third kappa shape index (κ3) is 4.09. The van der Waals surface area contributed by atoms with E-state index in [0.717, 1.165) is 47.3 Å². The Balaban J connectivity index is 1.77. The van der Waals surface area contributed by atoms with Gasteiger partial charge in [0.15, 0.2) is 0 Å². The molecule has 0 spiro atoms. The molecule has 0 atom stereocenters. The van der Waals surface area contributed by atoms with Crippen LogP contribution in [0.5, 0.6) is 0 Å². The lowest BCUT2D eigenvalue weighted by Gasteiger charge is -2.13. The molecule has 0 fully saturated rings. The summed E-state index contributed by atoms with van der Waals surface area (Å²) in [4.78, 5) is 41.0. The summed E-state index contributed by atoms with van der Waals surface area (Å²) in [5.41, 5.74) is 3.22. The van der Waals surface area contributed by atoms with Crippen molar-refractivity contribution in [3.05, 3.63) is 60.6 Å². The summed E-state index contributed by atoms with van der Waals surface area (Å²) in [6, 6.07) is 5.71. The van der Waals surface area contributed by atoms with Gasteiger partial charge in [-0.05, 0) is 68.4 Å². The summed E-state index contributed by atoms with van der Waals surface area (Å²) in [7, 11) is 1.53. The number of anilines is 1. The normalized spacial score (nSPS) is 13.4. The second-order valence-electron chi connectivity index (χ2n) is 8.06. The maximum Gasteiger partial charge on any atom is 0.332 e. The van der Waals surface area contributed by atoms with Crippen LogP contribution < -0.4 is 16.6 Å². The van der Waals surface area contributed by atoms with E-state index in [-0.39, 0.29) is 31.2 Å². The van der Waals surface area contributed by atoms with E-state index in [0.29, 0.717) is 15.9 Å². The number of thiophene rings is 1. The van der Waals surface area contributed by atoms with Crippen LogP contribution in [0.3, 0.4) is 0 Å². The zero-order valence-corrected chi connectivity index (χ0v) is 18.9. The van der Waals surface area contributed by atoms with Gasteiger partial charge in [-0.1, -0.05) is 6.07 Å². The van der Waals surface area contributed by atoms with Gasteiger partial charge >= 0.3 is 5.69 Å². The molecule has 3 aromatic rings. The number of amides is 1. The Morgan fingerprint density at radius 2 is 1.90 bits per heavy atom. The van der Waals surface area contributed by atoms with E-state index in [1.165, 1.54) is 27.6 Å². The number of benzene rings is 1. The van der Waals surface area contributed by atoms with Gasteiger partial charge in [-0.2, -0.15) is 0 Å². The number of fused-ring (bicyclic) bond motifs is 3. The third-order valence-electron chi connectivity index (χ3n) is 5.93. The van der Waals surface area contributed by atoms with Crippen LogP contribution in [0.1, 0.15) is 34.4 Å². The first-order chi connectivity index (χ1) is 14.9. The molecular weight excluding hydrogens is 414 g/mol. The van der Waals surface area contributed by atoms with E-state index < -0.39 is 5.69 Å². The highest BCUT2D eigenvalue weighted by atomic mass is 32.1. The molecule has 4 rings (SSSR count). The van der Waals surface area contributed by atoms with Gasteiger partial charge in [-0.15, -0.1) is 11.3 Å². The fourth-order valence-corrected chi connectivity index (χ4v) is 5.47. The molecule has 164 valence electrons. The molecule has 1 aliphatic rings. The maximum absolute atomic E-state index is 13.2. The average molecular weight is 442 g/mol. The van der Waals surface area contributed by atoms with Crippen LogP contribution in [0.25, 0.3) is 10.2 Å². The number of hydrogen-bond donors (Lipinski definition) is 1. The summed E-state index contributed by atoms with van der Waals surface area (Å²) < 4.78 is 7.75. The minimum absolute atomic E-state index is 0.144. The van der Waals surface area contributed by atoms with Gasteiger partial charge in [-0.3, -0.25) is 18.7 Å². The van der Waals surface area contributed by atoms with Crippen molar-refractivity contribution in [2.75, 3.05) is 19.0 Å². The van der Waals surface area contributed by atoms with Gasteiger partial charge in [-0.25, -0.2) is 4.79 Å². The number of rotatable bonds is 6. The van der Waals surface area contributed by atoms with E-state index in [4.69, 9.17) is 4.74 Å². The zero-order chi connectivity index (χ0) is 22.1. The van der Waals surface area contributed by atoms with Gasteiger partial charge in [0.1, 0.15) is 11.4 Å². The highest BCUT2D eigenvalue weighted by molar-refractivity contribution is 7.18. The average Bonchev–Trinajstić information content (AvgIpc) is 3.13. The van der Waals surface area contributed by atoms with Crippen LogP contribution in [-0.2, 0) is 35.5 Å². The lowest BCUT2D eigenvalue weighted by atomic mass is 9.97. The Hall–Kier alpha value is -2.71. The highest BCUT2D eigenvalue weighted by Crippen LogP contribution is 2.34. The smallest absolute Gasteiger partial charge is 0.332 e. The first-order valence-corrected chi connectivity index (χ1v) is 11.4. The summed E-state index contributed by atoms with van der Waals surface area (Å²) in [6.07, 6.45) is 3.86. The fourth-order valence-electron chi connectivity index (χ4n) is 4.10. The molecule has 0 aliphatic heterocycles. The summed E-state index contributed by atoms with van der Waals surface area (Å²) in [5, 5.41) is 3.48. The number of aryl methyl sites for hydroxylation is 4. The minimum Gasteiger partial charge on any atom is -0.383 e. The number of hydrogen-bond acceptors (Lipinski definition) is 5. The Labute approximate surface area is 184 Å². The van der Waals surface area contributed by atoms with Crippen LogP contribution in [0, 0.1) is 13.8 Å². The summed E-state index contributed by atoms with van der Waals surface area (Å²) in [5.74, 6) is -0.296. The fraction of sp³-hybridized carbons (Fsp3) is 0.435. The lowest BCUT2D eigenvalue weighted by Crippen LogP contribution is -2.42. The van der Waals surface area contributed by atoms with Gasteiger partial charge in [0.05, 0.1) is 18.5 Å². The third-order valence-corrected chi connectivity index (χ3v) is 7.24. The number of methoxy groups -OCH3 is 1. The maximum atomic E-state index is 13.2. The molecule has 0 bridgehead atoms. The predicted molar refractivity (Wildman–Crippen MR) is 123 cm³/mol. The molecular formula is C23H27N3O4S. The standard InChI is InChI=1S/C23H27N3O4S/c1-14-8-9-16(12-15(14)2)24-19(27)13-26-22-20(17-6-4-5-7-18(17)31-22)21(28)25(23(26)29)10-11-30-3/h8-9,12H,4-7,10-11,13H2,1-3H3,(H,24,27). The van der Waals surface area contributed by atoms with E-state index in [9.17, 15) is 14.4 Å². The molecule has 1 N–H and O–H groups in total. The van der Waals surface area contributed by atoms with E-state index >= 15 is 0 Å². The molecule has 31 heavy (non-hydrogen) atoms. The van der Waals surface area contributed by atoms with Crippen LogP contribution >= 0.6 is 11.3 Å². The first kappa shape index (κ1) is 21.5. The van der Waals surface area contributed by atoms with E-state index in [2.05, 4.69) is 5.32 Å². The molecule has 0 unspecified atom stereocenters. The van der Waals surface area contributed by atoms with Crippen molar-refractivity contribution in [2.45, 2.75) is 52.6 Å². The predicted octanol–water partition coefficient (Wildman–Crippen LogP) is 3.01. The number of nitrogens with one attached hydrogen (secondary N) is 1. The number of carbonyl (C=O) groups is 1. The zero-order valence-electron chi connectivity index (χ0n) is 18.1. The molecule has 1 aromatic carbocycles. The summed E-state index contributed by atoms with van der Waals surface area (Å²) >= 11 is 1.48. The van der Waals surface area contributed by atoms with Gasteiger partial charge < -0.3 is 10.1 Å². The van der Waals surface area contributed by atoms with E-state index in [1.807, 2.05) is 32.0 Å². The second kappa shape index (κ2) is 8.80. The molecule has 2 aromatic heterocycles. The Morgan fingerprint density at radius 1 is 1.13 bits per heavy atom. The highest BCUT2D eigenvalue weighted by Gasteiger charge is 2.24. The van der Waals surface area contributed by atoms with Gasteiger partial charge in [0.2, 0.25) is 5.91 Å². The number of aromatic nitrogens is 2. The molecule has 0 saturated carbocycles. The van der Waals surface area contributed by atoms with Crippen molar-refractivity contribution < 1.29 is 9.53 Å². The van der Waals surface area contributed by atoms with Crippen LogP contribution in [0.2, 0.25) is 0 Å². The molecule has 1 amide bonds. The van der Waals surface area contributed by atoms with Crippen molar-refractivity contribution in [3.8, 4) is 0 Å². The molecule has 0 saturated heterocycles. The molecule has 1 aliphatic carbocycles. The van der Waals surface area contributed by atoms with Crippen molar-refractivity contribution >= 4 is 33.1 Å². The van der Waals surface area contributed by atoms with E-state index in [1.54, 1.807) is 0 Å². The van der Waals surface area contributed by atoms with Crippen LogP contribution in [0.15, 0.2) is 27.8 Å². The first-order valence-electron chi connectivity index (χ1n) is 10.5. The van der Waals surface area contributed by atoms with Crippen LogP contribution in [-0.4, -0.2) is 28.8 Å². The van der Waals surface area contributed by atoms with Gasteiger partial charge in [0.25, 0.3) is 5.56 Å². The van der Waals surface area contributed by atoms with Crippen molar-refractivity contribution in [1.29, 1.82) is 0 Å². The second-order valence-corrected chi connectivity index (χ2v) is 9.14. The largest absolute Gasteiger partial charge is 0.383 e. The molecule has 2 heterocycles. The summed E-state index contributed by atoms with van der Waals surface area (Å²) in [6.45, 7) is 4.27. The molecule has 8 heteroatoms. The van der Waals surface area contributed by atoms with Crippen molar-refractivity contribution in [1.82, 2.24) is 9.13 Å². The molecule has 0 radical (unpaired) electrons. The minimum atomic E-state index is -0.469. The molecule has 7 nitrogen and oxygen atoms in total. The monoisotopic (exact) mass is 441 g/mol. The number of nitrogens with zero attached hydrogens (tertiary/aromatic N) is 2. The quantitative estimate of drug-likeness (QED) is 0.638. The Kier molecular flexibility index (Phi) is 6.11. The Morgan fingerprint density at radius 3 is 2.65 bits per heavy atom. The topological polar surface area (TPSA) is 82.3 Å². The van der Waals surface area contributed by atoms with Gasteiger partial charge in [0, 0.05) is 17.7 Å². The van der Waals surface area contributed by atoms with Crippen molar-refractivity contribution in [2.24, 2.45) is 0 Å². The SMILES string of the molecule is COCCn1c(=O)c2c3c(sc2n(CC(=O)Nc2ccc(C)c(C)c2)c1=O)CCCC3. The Bertz CT molecular complexity index is 1270. The van der Waals surface area contributed by atoms with Crippen molar-refractivity contribution in [3.63, 3.8) is 0 Å².